The molecule has 14 heavy (non-hydrogen) atoms. The minimum atomic E-state index is -0.983. The molecule has 0 radical (unpaired) electrons. The lowest BCUT2D eigenvalue weighted by atomic mass is 10.1. The predicted molar refractivity (Wildman–Crippen MR) is 63.6 cm³/mol. The molecule has 0 saturated carbocycles. The Bertz CT molecular complexity index is 360. The standard InChI is InChI=1S/C11H15NOS/c1-4-10-7-6-9(3)11(8-10)12-14(13)5-2/h4,6-8,12H,1,5H2,2-3H3. The quantitative estimate of drug-likeness (QED) is 0.811. The summed E-state index contributed by atoms with van der Waals surface area (Å²) in [6.45, 7) is 7.57. The maximum absolute atomic E-state index is 11.3. The van der Waals surface area contributed by atoms with Crippen LogP contribution in [0.4, 0.5) is 5.69 Å². The van der Waals surface area contributed by atoms with Gasteiger partial charge >= 0.3 is 0 Å². The number of hydrogen-bond donors (Lipinski definition) is 1. The van der Waals surface area contributed by atoms with Crippen molar-refractivity contribution >= 4 is 22.7 Å². The molecule has 0 saturated heterocycles. The smallest absolute Gasteiger partial charge is 0.116 e. The van der Waals surface area contributed by atoms with E-state index in [4.69, 9.17) is 0 Å². The van der Waals surface area contributed by atoms with Crippen molar-refractivity contribution in [2.24, 2.45) is 0 Å². The Balaban J connectivity index is 2.94. The Hall–Kier alpha value is -1.09. The third-order valence-electron chi connectivity index (χ3n) is 1.98. The van der Waals surface area contributed by atoms with Crippen LogP contribution in [0.1, 0.15) is 18.1 Å². The summed E-state index contributed by atoms with van der Waals surface area (Å²) in [5.41, 5.74) is 3.05. The topological polar surface area (TPSA) is 29.1 Å². The maximum atomic E-state index is 11.3. The van der Waals surface area contributed by atoms with Crippen LogP contribution in [0.15, 0.2) is 24.8 Å². The van der Waals surface area contributed by atoms with Crippen molar-refractivity contribution in [2.45, 2.75) is 13.8 Å². The Labute approximate surface area is 87.6 Å². The van der Waals surface area contributed by atoms with Gasteiger partial charge in [0.1, 0.15) is 11.0 Å². The van der Waals surface area contributed by atoms with Crippen molar-refractivity contribution in [3.63, 3.8) is 0 Å². The molecule has 1 N–H and O–H groups in total. The van der Waals surface area contributed by atoms with E-state index in [-0.39, 0.29) is 0 Å². The second-order valence-corrected chi connectivity index (χ2v) is 4.49. The summed E-state index contributed by atoms with van der Waals surface area (Å²) >= 11 is 0. The van der Waals surface area contributed by atoms with E-state index in [0.29, 0.717) is 5.75 Å². The van der Waals surface area contributed by atoms with Crippen molar-refractivity contribution in [1.82, 2.24) is 0 Å². The van der Waals surface area contributed by atoms with E-state index in [1.165, 1.54) is 0 Å². The van der Waals surface area contributed by atoms with Gasteiger partial charge in [-0.2, -0.15) is 0 Å². The maximum Gasteiger partial charge on any atom is 0.116 e. The SMILES string of the molecule is C=Cc1ccc(C)c(NS(=O)CC)c1. The average molecular weight is 209 g/mol. The average Bonchev–Trinajstić information content (AvgIpc) is 2.21. The monoisotopic (exact) mass is 209 g/mol. The van der Waals surface area contributed by atoms with Crippen molar-refractivity contribution in [2.75, 3.05) is 10.5 Å². The molecule has 0 aliphatic heterocycles. The molecule has 2 nitrogen and oxygen atoms in total. The van der Waals surface area contributed by atoms with Gasteiger partial charge in [-0.25, -0.2) is 4.21 Å². The summed E-state index contributed by atoms with van der Waals surface area (Å²) in [4.78, 5) is 0. The van der Waals surface area contributed by atoms with E-state index in [1.54, 1.807) is 6.08 Å². The number of anilines is 1. The molecule has 1 atom stereocenters. The molecule has 1 aromatic carbocycles. The molecule has 1 unspecified atom stereocenters. The van der Waals surface area contributed by atoms with Crippen molar-refractivity contribution in [3.8, 4) is 0 Å². The van der Waals surface area contributed by atoms with Crippen LogP contribution in [-0.2, 0) is 11.0 Å². The van der Waals surface area contributed by atoms with Crippen LogP contribution in [0.25, 0.3) is 6.08 Å². The van der Waals surface area contributed by atoms with Crippen molar-refractivity contribution in [1.29, 1.82) is 0 Å². The lowest BCUT2D eigenvalue weighted by Crippen LogP contribution is -2.07. The fraction of sp³-hybridized carbons (Fsp3) is 0.273. The van der Waals surface area contributed by atoms with Crippen LogP contribution in [0.3, 0.4) is 0 Å². The highest BCUT2D eigenvalue weighted by Gasteiger charge is 2.01. The first-order valence-electron chi connectivity index (χ1n) is 4.55. The van der Waals surface area contributed by atoms with Gasteiger partial charge in [-0.05, 0) is 24.1 Å². The summed E-state index contributed by atoms with van der Waals surface area (Å²) in [6, 6.07) is 5.93. The van der Waals surface area contributed by atoms with Crippen molar-refractivity contribution in [3.05, 3.63) is 35.9 Å². The summed E-state index contributed by atoms with van der Waals surface area (Å²) in [5.74, 6) is 0.609. The Morgan fingerprint density at radius 1 is 1.57 bits per heavy atom. The van der Waals surface area contributed by atoms with Crippen LogP contribution in [-0.4, -0.2) is 9.96 Å². The molecule has 0 aliphatic rings. The van der Waals surface area contributed by atoms with Gasteiger partial charge in [0.15, 0.2) is 0 Å². The van der Waals surface area contributed by atoms with E-state index in [9.17, 15) is 4.21 Å². The van der Waals surface area contributed by atoms with Gasteiger partial charge in [-0.3, -0.25) is 0 Å². The molecule has 0 heterocycles. The Morgan fingerprint density at radius 2 is 2.29 bits per heavy atom. The second kappa shape index (κ2) is 4.96. The molecule has 0 bridgehead atoms. The molecule has 1 rings (SSSR count). The summed E-state index contributed by atoms with van der Waals surface area (Å²) in [6.07, 6.45) is 1.78. The first-order valence-corrected chi connectivity index (χ1v) is 5.87. The molecule has 1 aromatic rings. The number of benzene rings is 1. The lowest BCUT2D eigenvalue weighted by Gasteiger charge is -2.08. The molecule has 3 heteroatoms. The zero-order chi connectivity index (χ0) is 10.6. The molecule has 0 fully saturated rings. The number of rotatable bonds is 4. The highest BCUT2D eigenvalue weighted by molar-refractivity contribution is 7.86. The third kappa shape index (κ3) is 2.70. The fourth-order valence-electron chi connectivity index (χ4n) is 1.07. The minimum absolute atomic E-state index is 0.609. The number of nitrogens with one attached hydrogen (secondary N) is 1. The lowest BCUT2D eigenvalue weighted by molar-refractivity contribution is 0.687. The predicted octanol–water partition coefficient (Wildman–Crippen LogP) is 2.73. The molecule has 76 valence electrons. The highest BCUT2D eigenvalue weighted by atomic mass is 32.2. The number of aryl methyl sites for hydroxylation is 1. The molecule has 0 aromatic heterocycles. The first-order chi connectivity index (χ1) is 6.67. The summed E-state index contributed by atoms with van der Waals surface area (Å²) < 4.78 is 14.3. The van der Waals surface area contributed by atoms with Crippen LogP contribution >= 0.6 is 0 Å². The van der Waals surface area contributed by atoms with Gasteiger partial charge < -0.3 is 4.72 Å². The van der Waals surface area contributed by atoms with Gasteiger partial charge in [0.05, 0.1) is 0 Å². The van der Waals surface area contributed by atoms with Gasteiger partial charge in [0.2, 0.25) is 0 Å². The molecule has 0 amide bonds. The van der Waals surface area contributed by atoms with E-state index >= 15 is 0 Å². The van der Waals surface area contributed by atoms with Gasteiger partial charge in [0, 0.05) is 11.4 Å². The van der Waals surface area contributed by atoms with Gasteiger partial charge in [-0.1, -0.05) is 31.7 Å². The van der Waals surface area contributed by atoms with Crippen molar-refractivity contribution < 1.29 is 4.21 Å². The van der Waals surface area contributed by atoms with Gasteiger partial charge in [-0.15, -0.1) is 0 Å². The Morgan fingerprint density at radius 3 is 2.86 bits per heavy atom. The zero-order valence-corrected chi connectivity index (χ0v) is 9.36. The van der Waals surface area contributed by atoms with Crippen LogP contribution < -0.4 is 4.72 Å². The molecular formula is C11H15NOS. The molecule has 0 spiro atoms. The Kier molecular flexibility index (Phi) is 3.89. The number of hydrogen-bond acceptors (Lipinski definition) is 1. The van der Waals surface area contributed by atoms with E-state index in [2.05, 4.69) is 11.3 Å². The minimum Gasteiger partial charge on any atom is -0.305 e. The molecule has 0 aliphatic carbocycles. The third-order valence-corrected chi connectivity index (χ3v) is 2.96. The first kappa shape index (κ1) is 11.0. The van der Waals surface area contributed by atoms with E-state index in [0.717, 1.165) is 16.8 Å². The molecular weight excluding hydrogens is 194 g/mol. The zero-order valence-electron chi connectivity index (χ0n) is 8.54. The normalized spacial score (nSPS) is 12.1. The summed E-state index contributed by atoms with van der Waals surface area (Å²) in [7, 11) is -0.983. The van der Waals surface area contributed by atoms with Crippen LogP contribution in [0.2, 0.25) is 0 Å². The van der Waals surface area contributed by atoms with Crippen LogP contribution in [0.5, 0.6) is 0 Å². The van der Waals surface area contributed by atoms with Gasteiger partial charge in [0.25, 0.3) is 0 Å². The largest absolute Gasteiger partial charge is 0.305 e. The fourth-order valence-corrected chi connectivity index (χ4v) is 1.68. The second-order valence-electron chi connectivity index (χ2n) is 3.01. The van der Waals surface area contributed by atoms with Crippen LogP contribution in [0, 0.1) is 6.92 Å². The summed E-state index contributed by atoms with van der Waals surface area (Å²) in [5, 5.41) is 0. The van der Waals surface area contributed by atoms with E-state index < -0.39 is 11.0 Å². The highest BCUT2D eigenvalue weighted by Crippen LogP contribution is 2.17. The van der Waals surface area contributed by atoms with E-state index in [1.807, 2.05) is 32.0 Å².